The number of amides is 1. The van der Waals surface area contributed by atoms with E-state index >= 15 is 0 Å². The van der Waals surface area contributed by atoms with Crippen LogP contribution in [0.25, 0.3) is 6.08 Å². The number of hydrogen-bond acceptors (Lipinski definition) is 4. The maximum absolute atomic E-state index is 14.6. The molecule has 0 saturated carbocycles. The Morgan fingerprint density at radius 3 is 2.24 bits per heavy atom. The Bertz CT molecular complexity index is 782. The smallest absolute Gasteiger partial charge is 0.444 e. The average molecular weight is 535 g/mol. The highest BCUT2D eigenvalue weighted by atomic mass is 79.9. The third-order valence-electron chi connectivity index (χ3n) is 4.77. The number of rotatable bonds is 4. The van der Waals surface area contributed by atoms with Gasteiger partial charge in [0, 0.05) is 21.1 Å². The number of hydrogen-bond donors (Lipinski definition) is 1. The molecule has 1 N–H and O–H groups in total. The van der Waals surface area contributed by atoms with Crippen LogP contribution in [0.15, 0.2) is 26.6 Å². The van der Waals surface area contributed by atoms with Crippen molar-refractivity contribution >= 4 is 51.1 Å². The Morgan fingerprint density at radius 2 is 1.76 bits per heavy atom. The van der Waals surface area contributed by atoms with Crippen LogP contribution < -0.4 is 5.32 Å². The molecule has 1 aromatic rings. The van der Waals surface area contributed by atoms with E-state index in [4.69, 9.17) is 14.0 Å². The Hall–Kier alpha value is -0.895. The molecule has 9 heteroatoms. The van der Waals surface area contributed by atoms with Crippen molar-refractivity contribution in [1.29, 1.82) is 0 Å². The molecule has 1 aliphatic heterocycles. The predicted molar refractivity (Wildman–Crippen MR) is 120 cm³/mol. The summed E-state index contributed by atoms with van der Waals surface area (Å²) in [5.74, 6) is -0.419. The quantitative estimate of drug-likeness (QED) is 0.489. The zero-order chi connectivity index (χ0) is 22.2. The van der Waals surface area contributed by atoms with Crippen LogP contribution in [-0.4, -0.2) is 36.6 Å². The molecule has 1 saturated heterocycles. The minimum Gasteiger partial charge on any atom is -0.444 e. The second-order valence-electron chi connectivity index (χ2n) is 8.95. The highest BCUT2D eigenvalue weighted by Crippen LogP contribution is 2.39. The summed E-state index contributed by atoms with van der Waals surface area (Å²) >= 11 is 6.66. The Labute approximate surface area is 189 Å². The van der Waals surface area contributed by atoms with Crippen LogP contribution in [0, 0.1) is 5.82 Å². The third kappa shape index (κ3) is 6.29. The first-order valence-corrected chi connectivity index (χ1v) is 10.9. The van der Waals surface area contributed by atoms with Crippen LogP contribution in [0.4, 0.5) is 9.18 Å². The van der Waals surface area contributed by atoms with Gasteiger partial charge in [-0.25, -0.2) is 9.18 Å². The molecule has 160 valence electrons. The molecule has 1 amide bonds. The molecule has 1 aliphatic rings. The Morgan fingerprint density at radius 1 is 1.21 bits per heavy atom. The number of nitrogens with one attached hydrogen (secondary N) is 1. The molecule has 5 nitrogen and oxygen atoms in total. The van der Waals surface area contributed by atoms with E-state index in [1.54, 1.807) is 32.9 Å². The number of alkyl carbamates (subject to hydrolysis) is 1. The van der Waals surface area contributed by atoms with Crippen molar-refractivity contribution in [3.05, 3.63) is 37.9 Å². The highest BCUT2D eigenvalue weighted by Gasteiger charge is 2.52. The van der Waals surface area contributed by atoms with E-state index in [-0.39, 0.29) is 6.54 Å². The number of ether oxygens (including phenoxy) is 1. The standard InChI is InChI=1S/C20H27BBr2FNO4/c1-18(2,3)27-17(26)25-11-12(21-28-19(4,5)20(6,7)29-21)8-14-15(23)9-13(22)10-16(14)24/h8-10H,11H2,1-7H3,(H,25,26). The van der Waals surface area contributed by atoms with Gasteiger partial charge in [0.15, 0.2) is 0 Å². The zero-order valence-corrected chi connectivity index (χ0v) is 21.0. The van der Waals surface area contributed by atoms with Crippen LogP contribution in [0.2, 0.25) is 0 Å². The van der Waals surface area contributed by atoms with Crippen LogP contribution in [0.3, 0.4) is 0 Å². The zero-order valence-electron chi connectivity index (χ0n) is 17.8. The van der Waals surface area contributed by atoms with Crippen molar-refractivity contribution in [3.8, 4) is 0 Å². The molecule has 0 aliphatic carbocycles. The number of carbonyl (C=O) groups is 1. The fourth-order valence-electron chi connectivity index (χ4n) is 2.56. The molecular formula is C20H27BBr2FNO4. The first-order valence-electron chi connectivity index (χ1n) is 9.29. The summed E-state index contributed by atoms with van der Waals surface area (Å²) in [5, 5.41) is 2.70. The largest absolute Gasteiger partial charge is 0.492 e. The van der Waals surface area contributed by atoms with E-state index in [2.05, 4.69) is 37.2 Å². The summed E-state index contributed by atoms with van der Waals surface area (Å²) in [6.45, 7) is 13.2. The molecule has 0 spiro atoms. The molecule has 0 atom stereocenters. The van der Waals surface area contributed by atoms with Crippen molar-refractivity contribution < 1.29 is 23.2 Å². The molecule has 2 rings (SSSR count). The summed E-state index contributed by atoms with van der Waals surface area (Å²) in [6.07, 6.45) is 1.06. The van der Waals surface area contributed by atoms with Crippen LogP contribution in [-0.2, 0) is 14.0 Å². The SMILES string of the molecule is CC(C)(C)OC(=O)NCC(=Cc1c(F)cc(Br)cc1Br)B1OC(C)(C)C(C)(C)O1. The van der Waals surface area contributed by atoms with E-state index < -0.39 is 35.8 Å². The molecular weight excluding hydrogens is 508 g/mol. The molecule has 0 bridgehead atoms. The number of benzene rings is 1. The normalized spacial score (nSPS) is 18.7. The van der Waals surface area contributed by atoms with Gasteiger partial charge in [-0.3, -0.25) is 0 Å². The molecule has 1 aromatic carbocycles. The van der Waals surface area contributed by atoms with Gasteiger partial charge in [0.25, 0.3) is 0 Å². The molecule has 1 fully saturated rings. The first kappa shape index (κ1) is 24.4. The third-order valence-corrected chi connectivity index (χ3v) is 5.88. The minimum atomic E-state index is -0.745. The van der Waals surface area contributed by atoms with Crippen molar-refractivity contribution in [1.82, 2.24) is 5.32 Å². The van der Waals surface area contributed by atoms with Crippen molar-refractivity contribution in [2.24, 2.45) is 0 Å². The van der Waals surface area contributed by atoms with Crippen molar-refractivity contribution in [2.75, 3.05) is 6.54 Å². The van der Waals surface area contributed by atoms with E-state index in [0.717, 1.165) is 0 Å². The second kappa shape index (κ2) is 8.69. The number of halogens is 3. The average Bonchev–Trinajstić information content (AvgIpc) is 2.71. The molecule has 0 radical (unpaired) electrons. The topological polar surface area (TPSA) is 56.8 Å². The molecule has 1 heterocycles. The summed E-state index contributed by atoms with van der Waals surface area (Å²) < 4.78 is 33.3. The van der Waals surface area contributed by atoms with Gasteiger partial charge in [-0.2, -0.15) is 0 Å². The predicted octanol–water partition coefficient (Wildman–Crippen LogP) is 5.89. The maximum atomic E-state index is 14.6. The van der Waals surface area contributed by atoms with Gasteiger partial charge in [0.1, 0.15) is 11.4 Å². The van der Waals surface area contributed by atoms with E-state index in [9.17, 15) is 9.18 Å². The summed E-state index contributed by atoms with van der Waals surface area (Å²) in [4.78, 5) is 12.1. The van der Waals surface area contributed by atoms with Crippen LogP contribution in [0.5, 0.6) is 0 Å². The van der Waals surface area contributed by atoms with Gasteiger partial charge in [0.05, 0.1) is 11.2 Å². The molecule has 0 unspecified atom stereocenters. The minimum absolute atomic E-state index is 0.0771. The fourth-order valence-corrected chi connectivity index (χ4v) is 3.85. The molecule has 0 aromatic heterocycles. The lowest BCUT2D eigenvalue weighted by molar-refractivity contribution is 0.00578. The van der Waals surface area contributed by atoms with Crippen molar-refractivity contribution in [2.45, 2.75) is 65.3 Å². The summed E-state index contributed by atoms with van der Waals surface area (Å²) in [6, 6.07) is 3.12. The Kier molecular flexibility index (Phi) is 7.30. The van der Waals surface area contributed by atoms with E-state index in [1.165, 1.54) is 6.07 Å². The highest BCUT2D eigenvalue weighted by molar-refractivity contribution is 9.11. The summed E-state index contributed by atoms with van der Waals surface area (Å²) in [5.41, 5.74) is -0.865. The van der Waals surface area contributed by atoms with E-state index in [1.807, 2.05) is 27.7 Å². The Balaban J connectivity index is 2.36. The van der Waals surface area contributed by atoms with Gasteiger partial charge < -0.3 is 19.4 Å². The fraction of sp³-hybridized carbons (Fsp3) is 0.550. The summed E-state index contributed by atoms with van der Waals surface area (Å²) in [7, 11) is -0.745. The van der Waals surface area contributed by atoms with E-state index in [0.29, 0.717) is 20.0 Å². The lowest BCUT2D eigenvalue weighted by Crippen LogP contribution is -2.41. The first-order chi connectivity index (χ1) is 13.1. The van der Waals surface area contributed by atoms with Gasteiger partial charge >= 0.3 is 13.2 Å². The number of carbonyl (C=O) groups excluding carboxylic acids is 1. The van der Waals surface area contributed by atoms with Crippen LogP contribution in [0.1, 0.15) is 54.0 Å². The molecule has 29 heavy (non-hydrogen) atoms. The maximum Gasteiger partial charge on any atom is 0.492 e. The second-order valence-corrected chi connectivity index (χ2v) is 10.7. The van der Waals surface area contributed by atoms with Crippen molar-refractivity contribution in [3.63, 3.8) is 0 Å². The monoisotopic (exact) mass is 533 g/mol. The van der Waals surface area contributed by atoms with Gasteiger partial charge in [-0.15, -0.1) is 0 Å². The van der Waals surface area contributed by atoms with Gasteiger partial charge in [-0.1, -0.05) is 37.9 Å². The van der Waals surface area contributed by atoms with Gasteiger partial charge in [0.2, 0.25) is 0 Å². The van der Waals surface area contributed by atoms with Gasteiger partial charge in [-0.05, 0) is 66.1 Å². The lowest BCUT2D eigenvalue weighted by Gasteiger charge is -2.32. The van der Waals surface area contributed by atoms with Crippen LogP contribution >= 0.6 is 31.9 Å². The lowest BCUT2D eigenvalue weighted by atomic mass is 9.77.